The average Bonchev–Trinajstić information content (AvgIpc) is 3.37. The first kappa shape index (κ1) is 17.7. The highest BCUT2D eigenvalue weighted by Gasteiger charge is 2.23. The van der Waals surface area contributed by atoms with Crippen LogP contribution in [0.5, 0.6) is 0 Å². The molecule has 0 aliphatic heterocycles. The van der Waals surface area contributed by atoms with Crippen LogP contribution in [-0.4, -0.2) is 21.5 Å². The van der Waals surface area contributed by atoms with E-state index in [9.17, 15) is 9.59 Å². The molecule has 4 aromatic rings. The number of aromatic nitrogens is 2. The molecule has 6 heteroatoms. The van der Waals surface area contributed by atoms with Gasteiger partial charge in [0.15, 0.2) is 5.76 Å². The Morgan fingerprint density at radius 3 is 2.64 bits per heavy atom. The van der Waals surface area contributed by atoms with Crippen LogP contribution in [0.4, 0.5) is 0 Å². The average molecular weight is 373 g/mol. The molecule has 2 aromatic carbocycles. The van der Waals surface area contributed by atoms with Crippen LogP contribution >= 0.6 is 0 Å². The summed E-state index contributed by atoms with van der Waals surface area (Å²) in [6.45, 7) is 3.77. The number of nitrogens with zero attached hydrogens (tertiary/aromatic N) is 2. The molecular formula is C22H19N3O3. The molecule has 1 N–H and O–H groups in total. The second-order valence-electron chi connectivity index (χ2n) is 6.60. The number of nitrogens with one attached hydrogen (secondary N) is 1. The number of amides is 1. The van der Waals surface area contributed by atoms with Gasteiger partial charge in [-0.15, -0.1) is 0 Å². The Morgan fingerprint density at radius 2 is 1.86 bits per heavy atom. The van der Waals surface area contributed by atoms with Crippen LogP contribution < -0.4 is 5.32 Å². The highest BCUT2D eigenvalue weighted by Crippen LogP contribution is 2.25. The Kier molecular flexibility index (Phi) is 4.53. The number of furan rings is 1. The first-order chi connectivity index (χ1) is 13.6. The zero-order valence-corrected chi connectivity index (χ0v) is 15.5. The van der Waals surface area contributed by atoms with Crippen molar-refractivity contribution in [2.45, 2.75) is 19.9 Å². The second-order valence-corrected chi connectivity index (χ2v) is 6.60. The van der Waals surface area contributed by atoms with E-state index >= 15 is 0 Å². The third-order valence-electron chi connectivity index (χ3n) is 4.81. The molecule has 28 heavy (non-hydrogen) atoms. The zero-order valence-electron chi connectivity index (χ0n) is 15.5. The van der Waals surface area contributed by atoms with Gasteiger partial charge in [0.05, 0.1) is 24.2 Å². The van der Waals surface area contributed by atoms with Crippen molar-refractivity contribution in [3.8, 4) is 5.69 Å². The van der Waals surface area contributed by atoms with Crippen LogP contribution in [0.15, 0.2) is 71.5 Å². The quantitative estimate of drug-likeness (QED) is 0.424. The molecule has 4 rings (SSSR count). The zero-order chi connectivity index (χ0) is 19.7. The molecule has 0 fully saturated rings. The van der Waals surface area contributed by atoms with E-state index in [1.165, 1.54) is 12.3 Å². The fourth-order valence-corrected chi connectivity index (χ4v) is 3.34. The molecule has 6 nitrogen and oxygen atoms in total. The van der Waals surface area contributed by atoms with Gasteiger partial charge in [0.1, 0.15) is 0 Å². The van der Waals surface area contributed by atoms with Gasteiger partial charge in [0, 0.05) is 16.6 Å². The Bertz CT molecular complexity index is 1150. The van der Waals surface area contributed by atoms with Crippen LogP contribution in [0.25, 0.3) is 16.5 Å². The molecule has 2 aromatic heterocycles. The minimum atomic E-state index is -0.709. The molecule has 1 unspecified atom stereocenters. The number of Topliss-reactive ketones (excluding diaryl/α,β-unsaturated/α-hetero) is 1. The normalized spacial score (nSPS) is 12.1. The SMILES string of the molecule is Cc1c(C(C)NC(=O)C(=O)c2ccco2)cnn1-c1cccc2ccccc12. The lowest BCUT2D eigenvalue weighted by molar-refractivity contribution is -0.117. The number of hydrogen-bond donors (Lipinski definition) is 1. The molecule has 2 heterocycles. The van der Waals surface area contributed by atoms with Crippen molar-refractivity contribution >= 4 is 22.5 Å². The Hall–Kier alpha value is -3.67. The van der Waals surface area contributed by atoms with Crippen molar-refractivity contribution in [1.29, 1.82) is 0 Å². The standard InChI is InChI=1S/C22H19N3O3/c1-14(24-22(27)21(26)20-11-6-12-28-20)18-13-23-25(15(18)2)19-10-5-8-16-7-3-4-9-17(16)19/h3-14H,1-2H3,(H,24,27). The number of hydrogen-bond acceptors (Lipinski definition) is 4. The van der Waals surface area contributed by atoms with E-state index in [2.05, 4.69) is 28.6 Å². The van der Waals surface area contributed by atoms with E-state index in [0.717, 1.165) is 27.7 Å². The molecule has 0 aliphatic carbocycles. The van der Waals surface area contributed by atoms with Gasteiger partial charge in [-0.2, -0.15) is 5.10 Å². The smallest absolute Gasteiger partial charge is 0.296 e. The summed E-state index contributed by atoms with van der Waals surface area (Å²) >= 11 is 0. The fraction of sp³-hybridized carbons (Fsp3) is 0.136. The van der Waals surface area contributed by atoms with Gasteiger partial charge >= 0.3 is 0 Å². The van der Waals surface area contributed by atoms with E-state index in [4.69, 9.17) is 4.42 Å². The van der Waals surface area contributed by atoms with E-state index in [1.807, 2.05) is 42.8 Å². The van der Waals surface area contributed by atoms with E-state index < -0.39 is 11.7 Å². The molecule has 0 saturated heterocycles. The maximum Gasteiger partial charge on any atom is 0.296 e. The molecule has 0 spiro atoms. The first-order valence-electron chi connectivity index (χ1n) is 8.97. The topological polar surface area (TPSA) is 77.1 Å². The van der Waals surface area contributed by atoms with Gasteiger partial charge in [-0.25, -0.2) is 4.68 Å². The summed E-state index contributed by atoms with van der Waals surface area (Å²) in [4.78, 5) is 24.3. The van der Waals surface area contributed by atoms with Gasteiger partial charge in [0.25, 0.3) is 11.7 Å². The van der Waals surface area contributed by atoms with Crippen molar-refractivity contribution in [1.82, 2.24) is 15.1 Å². The number of carbonyl (C=O) groups excluding carboxylic acids is 2. The van der Waals surface area contributed by atoms with E-state index in [0.29, 0.717) is 0 Å². The molecule has 1 amide bonds. The van der Waals surface area contributed by atoms with Crippen LogP contribution in [0.3, 0.4) is 0 Å². The van der Waals surface area contributed by atoms with Crippen molar-refractivity contribution in [3.63, 3.8) is 0 Å². The highest BCUT2D eigenvalue weighted by atomic mass is 16.3. The van der Waals surface area contributed by atoms with Crippen molar-refractivity contribution in [2.75, 3.05) is 0 Å². The Labute approximate surface area is 161 Å². The molecule has 140 valence electrons. The third-order valence-corrected chi connectivity index (χ3v) is 4.81. The third kappa shape index (κ3) is 3.09. The van der Waals surface area contributed by atoms with Crippen LogP contribution in [-0.2, 0) is 4.79 Å². The van der Waals surface area contributed by atoms with Crippen molar-refractivity contribution in [3.05, 3.63) is 84.1 Å². The van der Waals surface area contributed by atoms with Crippen molar-refractivity contribution < 1.29 is 14.0 Å². The van der Waals surface area contributed by atoms with Gasteiger partial charge in [-0.1, -0.05) is 36.4 Å². The first-order valence-corrected chi connectivity index (χ1v) is 8.97. The Balaban J connectivity index is 1.61. The minimum Gasteiger partial charge on any atom is -0.461 e. The molecule has 0 radical (unpaired) electrons. The van der Waals surface area contributed by atoms with Crippen LogP contribution in [0.2, 0.25) is 0 Å². The van der Waals surface area contributed by atoms with E-state index in [-0.39, 0.29) is 11.8 Å². The molecular weight excluding hydrogens is 354 g/mol. The summed E-state index contributed by atoms with van der Waals surface area (Å²) in [5, 5.41) is 9.46. The van der Waals surface area contributed by atoms with Gasteiger partial charge < -0.3 is 9.73 Å². The highest BCUT2D eigenvalue weighted by molar-refractivity contribution is 6.42. The predicted molar refractivity (Wildman–Crippen MR) is 105 cm³/mol. The van der Waals surface area contributed by atoms with E-state index in [1.54, 1.807) is 12.3 Å². The maximum atomic E-state index is 12.2. The molecule has 0 bridgehead atoms. The second kappa shape index (κ2) is 7.15. The van der Waals surface area contributed by atoms with Gasteiger partial charge in [0.2, 0.25) is 0 Å². The Morgan fingerprint density at radius 1 is 1.07 bits per heavy atom. The van der Waals surface area contributed by atoms with Gasteiger partial charge in [-0.3, -0.25) is 9.59 Å². The predicted octanol–water partition coefficient (Wildman–Crippen LogP) is 3.99. The lowest BCUT2D eigenvalue weighted by Gasteiger charge is -2.14. The number of ketones is 1. The number of benzene rings is 2. The van der Waals surface area contributed by atoms with Crippen LogP contribution in [0.1, 0.15) is 34.8 Å². The summed E-state index contributed by atoms with van der Waals surface area (Å²) in [6, 6.07) is 16.8. The number of fused-ring (bicyclic) bond motifs is 1. The fourth-order valence-electron chi connectivity index (χ4n) is 3.34. The summed E-state index contributed by atoms with van der Waals surface area (Å²) in [7, 11) is 0. The maximum absolute atomic E-state index is 12.2. The molecule has 1 atom stereocenters. The molecule has 0 saturated carbocycles. The molecule has 0 aliphatic rings. The summed E-state index contributed by atoms with van der Waals surface area (Å²) in [5.74, 6) is -1.39. The lowest BCUT2D eigenvalue weighted by Crippen LogP contribution is -2.33. The largest absolute Gasteiger partial charge is 0.461 e. The van der Waals surface area contributed by atoms with Crippen LogP contribution in [0, 0.1) is 6.92 Å². The summed E-state index contributed by atoms with van der Waals surface area (Å²) in [5.41, 5.74) is 2.70. The van der Waals surface area contributed by atoms with Gasteiger partial charge in [-0.05, 0) is 37.4 Å². The minimum absolute atomic E-state index is 0.0212. The summed E-state index contributed by atoms with van der Waals surface area (Å²) in [6.07, 6.45) is 3.09. The number of carbonyl (C=O) groups is 2. The number of rotatable bonds is 5. The monoisotopic (exact) mass is 373 g/mol. The lowest BCUT2D eigenvalue weighted by atomic mass is 10.1. The summed E-state index contributed by atoms with van der Waals surface area (Å²) < 4.78 is 6.86. The van der Waals surface area contributed by atoms with Crippen molar-refractivity contribution in [2.24, 2.45) is 0 Å².